The van der Waals surface area contributed by atoms with Crippen LogP contribution in [0.25, 0.3) is 0 Å². The summed E-state index contributed by atoms with van der Waals surface area (Å²) in [5.74, 6) is 2.64. The molecule has 0 aliphatic rings. The summed E-state index contributed by atoms with van der Waals surface area (Å²) in [6.07, 6.45) is 5.38. The number of hydrogen-bond donors (Lipinski definition) is 2. The zero-order valence-electron chi connectivity index (χ0n) is 10.1. The van der Waals surface area contributed by atoms with Gasteiger partial charge in [0.2, 0.25) is 0 Å². The summed E-state index contributed by atoms with van der Waals surface area (Å²) in [6, 6.07) is 9.57. The van der Waals surface area contributed by atoms with Crippen molar-refractivity contribution in [2.24, 2.45) is 0 Å². The monoisotopic (exact) mass is 217 g/mol. The number of hydrogen-bond acceptors (Lipinski definition) is 2. The van der Waals surface area contributed by atoms with Crippen LogP contribution in [0.4, 0.5) is 0 Å². The zero-order valence-corrected chi connectivity index (χ0v) is 10.1. The smallest absolute Gasteiger partial charge is 0.0992 e. The molecule has 0 aromatic heterocycles. The molecule has 0 aliphatic heterocycles. The SMILES string of the molecule is C#CC(C)(C)NCC(C)(O)c1ccccc1. The minimum atomic E-state index is -0.907. The maximum absolute atomic E-state index is 10.3. The van der Waals surface area contributed by atoms with Crippen LogP contribution in [0, 0.1) is 12.3 Å². The lowest BCUT2D eigenvalue weighted by Crippen LogP contribution is -2.45. The minimum absolute atomic E-state index is 0.404. The van der Waals surface area contributed by atoms with Crippen molar-refractivity contribution in [2.75, 3.05) is 6.54 Å². The van der Waals surface area contributed by atoms with E-state index < -0.39 is 11.1 Å². The van der Waals surface area contributed by atoms with Crippen LogP contribution in [0.3, 0.4) is 0 Å². The van der Waals surface area contributed by atoms with E-state index in [2.05, 4.69) is 11.2 Å². The first-order valence-electron chi connectivity index (χ1n) is 5.38. The molecule has 2 nitrogen and oxygen atoms in total. The van der Waals surface area contributed by atoms with E-state index >= 15 is 0 Å². The third-order valence-corrected chi connectivity index (χ3v) is 2.63. The molecule has 0 heterocycles. The fourth-order valence-electron chi connectivity index (χ4n) is 1.34. The summed E-state index contributed by atoms with van der Waals surface area (Å²) >= 11 is 0. The first kappa shape index (κ1) is 12.8. The Bertz CT molecular complexity index is 373. The van der Waals surface area contributed by atoms with E-state index in [1.54, 1.807) is 6.92 Å². The molecule has 1 rings (SSSR count). The van der Waals surface area contributed by atoms with E-state index in [9.17, 15) is 5.11 Å². The van der Waals surface area contributed by atoms with E-state index in [0.717, 1.165) is 5.56 Å². The molecule has 1 aromatic rings. The topological polar surface area (TPSA) is 32.3 Å². The van der Waals surface area contributed by atoms with Crippen molar-refractivity contribution in [3.05, 3.63) is 35.9 Å². The third kappa shape index (κ3) is 3.37. The molecular formula is C14H19NO. The van der Waals surface area contributed by atoms with E-state index in [-0.39, 0.29) is 0 Å². The van der Waals surface area contributed by atoms with Gasteiger partial charge in [-0.1, -0.05) is 36.3 Å². The molecule has 0 saturated carbocycles. The molecule has 2 heteroatoms. The second kappa shape index (κ2) is 4.69. The predicted octanol–water partition coefficient (Wildman–Crippen LogP) is 1.90. The fraction of sp³-hybridized carbons (Fsp3) is 0.429. The Morgan fingerprint density at radius 3 is 2.31 bits per heavy atom. The first-order chi connectivity index (χ1) is 7.37. The molecule has 0 spiro atoms. The van der Waals surface area contributed by atoms with Crippen molar-refractivity contribution in [1.82, 2.24) is 5.32 Å². The van der Waals surface area contributed by atoms with Crippen molar-refractivity contribution in [1.29, 1.82) is 0 Å². The number of benzene rings is 1. The Labute approximate surface area is 97.7 Å². The lowest BCUT2D eigenvalue weighted by Gasteiger charge is -2.29. The van der Waals surface area contributed by atoms with E-state index in [1.807, 2.05) is 44.2 Å². The standard InChI is InChI=1S/C14H19NO/c1-5-13(2,3)15-11-14(4,16)12-9-7-6-8-10-12/h1,6-10,15-16H,11H2,2-4H3. The van der Waals surface area contributed by atoms with E-state index in [4.69, 9.17) is 6.42 Å². The second-order valence-corrected chi connectivity index (χ2v) is 4.76. The molecule has 2 N–H and O–H groups in total. The van der Waals surface area contributed by atoms with Gasteiger partial charge in [0.15, 0.2) is 0 Å². The van der Waals surface area contributed by atoms with Crippen LogP contribution in [-0.2, 0) is 5.60 Å². The van der Waals surface area contributed by atoms with Gasteiger partial charge >= 0.3 is 0 Å². The van der Waals surface area contributed by atoms with Crippen LogP contribution in [0.5, 0.6) is 0 Å². The van der Waals surface area contributed by atoms with Gasteiger partial charge in [-0.05, 0) is 26.3 Å². The predicted molar refractivity (Wildman–Crippen MR) is 66.9 cm³/mol. The third-order valence-electron chi connectivity index (χ3n) is 2.63. The highest BCUT2D eigenvalue weighted by atomic mass is 16.3. The van der Waals surface area contributed by atoms with Crippen LogP contribution < -0.4 is 5.32 Å². The summed E-state index contributed by atoms with van der Waals surface area (Å²) in [4.78, 5) is 0. The maximum Gasteiger partial charge on any atom is 0.0992 e. The summed E-state index contributed by atoms with van der Waals surface area (Å²) in [6.45, 7) is 6.03. The first-order valence-corrected chi connectivity index (χ1v) is 5.38. The molecule has 1 atom stereocenters. The summed E-state index contributed by atoms with van der Waals surface area (Å²) in [5.41, 5.74) is -0.427. The zero-order chi connectivity index (χ0) is 12.2. The summed E-state index contributed by atoms with van der Waals surface area (Å²) in [7, 11) is 0. The molecule has 0 aliphatic carbocycles. The summed E-state index contributed by atoms with van der Waals surface area (Å²) in [5, 5.41) is 13.5. The highest BCUT2D eigenvalue weighted by Gasteiger charge is 2.25. The lowest BCUT2D eigenvalue weighted by molar-refractivity contribution is 0.0522. The highest BCUT2D eigenvalue weighted by molar-refractivity contribution is 5.22. The van der Waals surface area contributed by atoms with Crippen molar-refractivity contribution >= 4 is 0 Å². The number of rotatable bonds is 4. The molecule has 16 heavy (non-hydrogen) atoms. The van der Waals surface area contributed by atoms with Gasteiger partial charge in [-0.2, -0.15) is 0 Å². The van der Waals surface area contributed by atoms with Gasteiger partial charge in [-0.3, -0.25) is 5.32 Å². The van der Waals surface area contributed by atoms with E-state index in [0.29, 0.717) is 6.54 Å². The van der Waals surface area contributed by atoms with Crippen molar-refractivity contribution in [2.45, 2.75) is 31.9 Å². The van der Waals surface area contributed by atoms with Gasteiger partial charge in [0.25, 0.3) is 0 Å². The molecule has 1 aromatic carbocycles. The highest BCUT2D eigenvalue weighted by Crippen LogP contribution is 2.19. The quantitative estimate of drug-likeness (QED) is 0.755. The van der Waals surface area contributed by atoms with Gasteiger partial charge in [-0.25, -0.2) is 0 Å². The normalized spacial score (nSPS) is 15.2. The molecule has 0 fully saturated rings. The molecule has 0 radical (unpaired) electrons. The Hall–Kier alpha value is -1.30. The lowest BCUT2D eigenvalue weighted by atomic mass is 9.94. The average molecular weight is 217 g/mol. The van der Waals surface area contributed by atoms with Gasteiger partial charge in [0.1, 0.15) is 0 Å². The van der Waals surface area contributed by atoms with Gasteiger partial charge in [0, 0.05) is 6.54 Å². The fourth-order valence-corrected chi connectivity index (χ4v) is 1.34. The number of aliphatic hydroxyl groups is 1. The van der Waals surface area contributed by atoms with Crippen LogP contribution in [0.1, 0.15) is 26.3 Å². The number of nitrogens with one attached hydrogen (secondary N) is 1. The Morgan fingerprint density at radius 1 is 1.25 bits per heavy atom. The Kier molecular flexibility index (Phi) is 3.74. The largest absolute Gasteiger partial charge is 0.384 e. The van der Waals surface area contributed by atoms with Gasteiger partial charge < -0.3 is 5.11 Å². The number of β-amino-alcohol motifs (C(OH)–C–C–N with tert-alkyl or cyclic N) is 1. The maximum atomic E-state index is 10.3. The Balaban J connectivity index is 2.71. The van der Waals surface area contributed by atoms with Crippen LogP contribution in [0.15, 0.2) is 30.3 Å². The van der Waals surface area contributed by atoms with Crippen LogP contribution in [-0.4, -0.2) is 17.2 Å². The second-order valence-electron chi connectivity index (χ2n) is 4.76. The molecule has 0 saturated heterocycles. The number of terminal acetylenes is 1. The van der Waals surface area contributed by atoms with Gasteiger partial charge in [-0.15, -0.1) is 6.42 Å². The van der Waals surface area contributed by atoms with Crippen molar-refractivity contribution in [3.63, 3.8) is 0 Å². The Morgan fingerprint density at radius 2 is 1.81 bits per heavy atom. The molecule has 0 bridgehead atoms. The van der Waals surface area contributed by atoms with Gasteiger partial charge in [0.05, 0.1) is 11.1 Å². The molecule has 0 amide bonds. The van der Waals surface area contributed by atoms with E-state index in [1.165, 1.54) is 0 Å². The van der Waals surface area contributed by atoms with Crippen LogP contribution in [0.2, 0.25) is 0 Å². The molecular weight excluding hydrogens is 198 g/mol. The van der Waals surface area contributed by atoms with Crippen LogP contribution >= 0.6 is 0 Å². The average Bonchev–Trinajstić information content (AvgIpc) is 2.28. The summed E-state index contributed by atoms with van der Waals surface area (Å²) < 4.78 is 0. The van der Waals surface area contributed by atoms with Crippen molar-refractivity contribution in [3.8, 4) is 12.3 Å². The van der Waals surface area contributed by atoms with Crippen molar-refractivity contribution < 1.29 is 5.11 Å². The molecule has 1 unspecified atom stereocenters. The molecule has 86 valence electrons. The minimum Gasteiger partial charge on any atom is -0.384 e.